The number of aromatic nitrogens is 2. The fraction of sp³-hybridized carbons (Fsp3) is 0.636. The molecule has 33 heavy (non-hydrogen) atoms. The second-order valence-corrected chi connectivity index (χ2v) is 10.4. The quantitative estimate of drug-likeness (QED) is 0.538. The Labute approximate surface area is 203 Å². The lowest BCUT2D eigenvalue weighted by Gasteiger charge is -2.38. The first-order valence-electron chi connectivity index (χ1n) is 11.3. The maximum absolute atomic E-state index is 15.4. The lowest BCUT2D eigenvalue weighted by molar-refractivity contribution is 0.0850. The van der Waals surface area contributed by atoms with Gasteiger partial charge in [0.15, 0.2) is 11.6 Å². The molecule has 0 aliphatic carbocycles. The highest BCUT2D eigenvalue weighted by molar-refractivity contribution is 9.10. The van der Waals surface area contributed by atoms with Crippen LogP contribution in [0.25, 0.3) is 10.9 Å². The van der Waals surface area contributed by atoms with E-state index in [4.69, 9.17) is 30.8 Å². The highest BCUT2D eigenvalue weighted by Crippen LogP contribution is 2.47. The predicted octanol–water partition coefficient (Wildman–Crippen LogP) is 4.13. The highest BCUT2D eigenvalue weighted by atomic mass is 79.9. The molecule has 0 N–H and O–H groups in total. The molecule has 5 heterocycles. The van der Waals surface area contributed by atoms with Crippen LogP contribution in [-0.4, -0.2) is 78.7 Å². The third-order valence-corrected chi connectivity index (χ3v) is 8.65. The van der Waals surface area contributed by atoms with Gasteiger partial charge in [-0.15, -0.1) is 0 Å². The number of alkyl halides is 1. The molecule has 1 aromatic heterocycles. The van der Waals surface area contributed by atoms with Crippen LogP contribution in [-0.2, 0) is 4.74 Å². The summed E-state index contributed by atoms with van der Waals surface area (Å²) in [6.07, 6.45) is 2.17. The molecule has 0 unspecified atom stereocenters. The van der Waals surface area contributed by atoms with Crippen molar-refractivity contribution < 1.29 is 23.0 Å². The molecule has 0 saturated carbocycles. The first-order chi connectivity index (χ1) is 16.0. The Bertz CT molecular complexity index is 1110. The molecular weight excluding hydrogens is 522 g/mol. The predicted molar refractivity (Wildman–Crippen MR) is 123 cm³/mol. The number of benzene rings is 1. The molecule has 178 valence electrons. The number of hydrogen-bond donors (Lipinski definition) is 0. The summed E-state index contributed by atoms with van der Waals surface area (Å²) in [4.78, 5) is 13.4. The summed E-state index contributed by atoms with van der Waals surface area (Å²) < 4.78 is 47.4. The fourth-order valence-corrected chi connectivity index (χ4v) is 6.33. The molecule has 3 saturated heterocycles. The van der Waals surface area contributed by atoms with Gasteiger partial charge in [-0.1, -0.05) is 11.6 Å². The zero-order valence-corrected chi connectivity index (χ0v) is 20.3. The maximum Gasteiger partial charge on any atom is 0.319 e. The van der Waals surface area contributed by atoms with Gasteiger partial charge in [0.1, 0.15) is 29.1 Å². The first-order valence-corrected chi connectivity index (χ1v) is 12.5. The van der Waals surface area contributed by atoms with Crippen LogP contribution in [0.2, 0.25) is 5.02 Å². The van der Waals surface area contributed by atoms with E-state index in [9.17, 15) is 4.39 Å². The summed E-state index contributed by atoms with van der Waals surface area (Å²) in [7, 11) is 0. The van der Waals surface area contributed by atoms with Crippen LogP contribution < -0.4 is 14.4 Å². The Morgan fingerprint density at radius 3 is 3.03 bits per heavy atom. The molecule has 7 nitrogen and oxygen atoms in total. The number of hydrogen-bond acceptors (Lipinski definition) is 7. The van der Waals surface area contributed by atoms with Crippen molar-refractivity contribution in [2.24, 2.45) is 0 Å². The van der Waals surface area contributed by atoms with E-state index in [1.165, 1.54) is 0 Å². The van der Waals surface area contributed by atoms with Crippen molar-refractivity contribution in [2.45, 2.75) is 43.4 Å². The van der Waals surface area contributed by atoms with E-state index in [2.05, 4.69) is 30.7 Å². The molecule has 3 fully saturated rings. The average molecular weight is 546 g/mol. The minimum absolute atomic E-state index is 0.0365. The number of anilines is 1. The Morgan fingerprint density at radius 2 is 2.15 bits per heavy atom. The van der Waals surface area contributed by atoms with Gasteiger partial charge in [0.2, 0.25) is 0 Å². The van der Waals surface area contributed by atoms with Crippen LogP contribution >= 0.6 is 27.5 Å². The van der Waals surface area contributed by atoms with Gasteiger partial charge in [-0.25, -0.2) is 8.78 Å². The van der Waals surface area contributed by atoms with Crippen molar-refractivity contribution in [3.63, 3.8) is 0 Å². The number of nitrogens with zero attached hydrogens (tertiary/aromatic N) is 4. The van der Waals surface area contributed by atoms with Crippen molar-refractivity contribution >= 4 is 44.3 Å². The van der Waals surface area contributed by atoms with Crippen LogP contribution in [0.1, 0.15) is 25.7 Å². The summed E-state index contributed by atoms with van der Waals surface area (Å²) in [5.41, 5.74) is -0.262. The number of rotatable bonds is 3. The van der Waals surface area contributed by atoms with Gasteiger partial charge in [-0.2, -0.15) is 9.97 Å². The molecule has 3 atom stereocenters. The second-order valence-electron chi connectivity index (χ2n) is 9.25. The van der Waals surface area contributed by atoms with Gasteiger partial charge in [-0.3, -0.25) is 4.90 Å². The minimum Gasteiger partial charge on any atom is -0.491 e. The standard InChI is InChI=1S/C22H24BrClF2N4O3/c23-15-16(24)19-14-18(17(15)26)27-21(33-11-22-3-1-4-29(22)9-12(25)8-22)28-20(14)30-5-7-31-10-13(30)2-6-32-19/h12-13H,1-11H2/t12-,13+,22+/m1/s1. The topological polar surface area (TPSA) is 60.0 Å². The molecule has 2 aromatic rings. The molecule has 0 spiro atoms. The molecule has 0 bridgehead atoms. The minimum atomic E-state index is -0.857. The summed E-state index contributed by atoms with van der Waals surface area (Å²) >= 11 is 9.71. The molecule has 4 aliphatic rings. The van der Waals surface area contributed by atoms with E-state index in [0.717, 1.165) is 19.4 Å². The van der Waals surface area contributed by atoms with Crippen molar-refractivity contribution in [3.8, 4) is 11.8 Å². The van der Waals surface area contributed by atoms with E-state index < -0.39 is 12.0 Å². The molecular formula is C22H24BrClF2N4O3. The van der Waals surface area contributed by atoms with Crippen molar-refractivity contribution in [1.82, 2.24) is 14.9 Å². The maximum atomic E-state index is 15.4. The zero-order valence-electron chi connectivity index (χ0n) is 18.0. The lowest BCUT2D eigenvalue weighted by atomic mass is 9.95. The molecule has 1 aromatic carbocycles. The molecule has 11 heteroatoms. The summed E-state index contributed by atoms with van der Waals surface area (Å²) in [5, 5.41) is 0.593. The summed E-state index contributed by atoms with van der Waals surface area (Å²) in [5.74, 6) is 0.302. The third kappa shape index (κ3) is 3.56. The normalized spacial score (nSPS) is 29.4. The monoisotopic (exact) mass is 544 g/mol. The highest BCUT2D eigenvalue weighted by Gasteiger charge is 2.49. The molecule has 0 amide bonds. The lowest BCUT2D eigenvalue weighted by Crippen LogP contribution is -2.47. The van der Waals surface area contributed by atoms with Gasteiger partial charge in [0.25, 0.3) is 0 Å². The Balaban J connectivity index is 1.45. The zero-order chi connectivity index (χ0) is 22.7. The van der Waals surface area contributed by atoms with Crippen LogP contribution in [0.15, 0.2) is 4.47 Å². The Hall–Kier alpha value is -1.49. The van der Waals surface area contributed by atoms with Gasteiger partial charge >= 0.3 is 6.01 Å². The Kier molecular flexibility index (Phi) is 5.55. The van der Waals surface area contributed by atoms with Gasteiger partial charge < -0.3 is 19.1 Å². The average Bonchev–Trinajstić information content (AvgIpc) is 3.32. The van der Waals surface area contributed by atoms with Gasteiger partial charge in [0.05, 0.1) is 41.3 Å². The number of fused-ring (bicyclic) bond motifs is 3. The van der Waals surface area contributed by atoms with E-state index in [1.807, 2.05) is 0 Å². The van der Waals surface area contributed by atoms with Crippen LogP contribution in [0.3, 0.4) is 0 Å². The summed E-state index contributed by atoms with van der Waals surface area (Å²) in [6.45, 7) is 3.65. The number of morpholine rings is 1. The fourth-order valence-electron chi connectivity index (χ4n) is 5.73. The van der Waals surface area contributed by atoms with E-state index in [-0.39, 0.29) is 39.2 Å². The van der Waals surface area contributed by atoms with Crippen molar-refractivity contribution in [3.05, 3.63) is 15.3 Å². The largest absolute Gasteiger partial charge is 0.491 e. The number of ether oxygens (including phenoxy) is 3. The smallest absolute Gasteiger partial charge is 0.319 e. The second kappa shape index (κ2) is 8.32. The Morgan fingerprint density at radius 1 is 1.27 bits per heavy atom. The van der Waals surface area contributed by atoms with E-state index in [1.54, 1.807) is 0 Å². The molecule has 0 radical (unpaired) electrons. The van der Waals surface area contributed by atoms with Crippen molar-refractivity contribution in [2.75, 3.05) is 51.0 Å². The van der Waals surface area contributed by atoms with Gasteiger partial charge in [0, 0.05) is 25.9 Å². The van der Waals surface area contributed by atoms with E-state index >= 15 is 4.39 Å². The molecule has 4 aliphatic heterocycles. The van der Waals surface area contributed by atoms with Crippen LogP contribution in [0, 0.1) is 5.82 Å². The third-order valence-electron chi connectivity index (χ3n) is 7.32. The van der Waals surface area contributed by atoms with Crippen LogP contribution in [0.4, 0.5) is 14.6 Å². The molecule has 6 rings (SSSR count). The number of halogens is 4. The summed E-state index contributed by atoms with van der Waals surface area (Å²) in [6, 6.07) is 0.111. The van der Waals surface area contributed by atoms with Gasteiger partial charge in [-0.05, 0) is 35.3 Å². The van der Waals surface area contributed by atoms with E-state index in [0.29, 0.717) is 62.7 Å². The van der Waals surface area contributed by atoms with Crippen molar-refractivity contribution in [1.29, 1.82) is 0 Å². The SMILES string of the molecule is Fc1c(Br)c(Cl)c2c3c(nc(OC[C@@]45CCCN4C[C@H](F)C5)nc13)N1CCOC[C@@H]1CCO2. The first kappa shape index (κ1) is 22.0. The van der Waals surface area contributed by atoms with Crippen LogP contribution in [0.5, 0.6) is 11.8 Å².